The maximum absolute atomic E-state index is 12.2. The molecule has 2 atom stereocenters. The molecule has 1 fully saturated rings. The molecule has 1 aliphatic rings. The van der Waals surface area contributed by atoms with E-state index in [1.165, 1.54) is 6.20 Å². The Morgan fingerprint density at radius 3 is 3.00 bits per heavy atom. The molecule has 104 valence electrons. The fraction of sp³-hybridized carbons (Fsp3) is 0.545. The molecule has 0 aromatic carbocycles. The second-order valence-electron chi connectivity index (χ2n) is 4.13. The van der Waals surface area contributed by atoms with Crippen LogP contribution >= 0.6 is 31.9 Å². The molecule has 2 N–H and O–H groups in total. The minimum atomic E-state index is -0.211. The number of hydrogen-bond donors (Lipinski definition) is 2. The van der Waals surface area contributed by atoms with Gasteiger partial charge >= 0.3 is 0 Å². The van der Waals surface area contributed by atoms with Gasteiger partial charge in [-0.1, -0.05) is 6.92 Å². The number of carbonyl (C=O) groups excluding carboxylic acids is 1. The van der Waals surface area contributed by atoms with Gasteiger partial charge in [-0.25, -0.2) is 9.97 Å². The van der Waals surface area contributed by atoms with Gasteiger partial charge in [-0.15, -0.1) is 0 Å². The molecular formula is C11H14Br2N4O2. The second-order valence-corrected chi connectivity index (χ2v) is 5.69. The Hall–Kier alpha value is -0.570. The van der Waals surface area contributed by atoms with Crippen LogP contribution in [0, 0.1) is 5.92 Å². The van der Waals surface area contributed by atoms with E-state index in [4.69, 9.17) is 4.74 Å². The van der Waals surface area contributed by atoms with Crippen LogP contribution in [0.4, 0.5) is 5.82 Å². The van der Waals surface area contributed by atoms with Crippen molar-refractivity contribution < 1.29 is 9.53 Å². The van der Waals surface area contributed by atoms with Crippen LogP contribution in [0.15, 0.2) is 15.4 Å². The van der Waals surface area contributed by atoms with Crippen molar-refractivity contribution in [2.75, 3.05) is 25.1 Å². The fourth-order valence-corrected chi connectivity index (χ4v) is 2.83. The summed E-state index contributed by atoms with van der Waals surface area (Å²) in [5.74, 6) is 0.0911. The van der Waals surface area contributed by atoms with Crippen molar-refractivity contribution in [1.82, 2.24) is 15.3 Å². The molecule has 0 saturated carbocycles. The maximum atomic E-state index is 12.2. The number of anilines is 1. The molecule has 6 nitrogen and oxygen atoms in total. The number of carbonyl (C=O) groups is 1. The molecule has 0 spiro atoms. The lowest BCUT2D eigenvalue weighted by Gasteiger charge is -2.17. The van der Waals surface area contributed by atoms with Crippen LogP contribution in [0.5, 0.6) is 0 Å². The van der Waals surface area contributed by atoms with E-state index in [0.29, 0.717) is 28.2 Å². The Balaban J connectivity index is 2.04. The molecule has 0 bridgehead atoms. The average molecular weight is 394 g/mol. The number of nitrogens with zero attached hydrogens (tertiary/aromatic N) is 2. The standard InChI is InChI=1S/C11H14Br2N4O2/c1-2-14-7-5-19-4-6(7)11(18)17-10-9(13)16-8(12)3-15-10/h3,6-7,14H,2,4-5H2,1H3,(H,15,17,18). The van der Waals surface area contributed by atoms with Gasteiger partial charge < -0.3 is 15.4 Å². The van der Waals surface area contributed by atoms with Gasteiger partial charge in [-0.05, 0) is 38.4 Å². The summed E-state index contributed by atoms with van der Waals surface area (Å²) in [6.45, 7) is 3.79. The normalized spacial score (nSPS) is 22.5. The Labute approximate surface area is 128 Å². The zero-order chi connectivity index (χ0) is 13.8. The second kappa shape index (κ2) is 6.74. The summed E-state index contributed by atoms with van der Waals surface area (Å²) >= 11 is 6.48. The van der Waals surface area contributed by atoms with Crippen LogP contribution in [-0.2, 0) is 9.53 Å². The van der Waals surface area contributed by atoms with E-state index in [0.717, 1.165) is 6.54 Å². The van der Waals surface area contributed by atoms with Crippen LogP contribution in [0.3, 0.4) is 0 Å². The summed E-state index contributed by atoms with van der Waals surface area (Å²) < 4.78 is 6.45. The van der Waals surface area contributed by atoms with E-state index < -0.39 is 0 Å². The van der Waals surface area contributed by atoms with Crippen molar-refractivity contribution in [1.29, 1.82) is 0 Å². The van der Waals surface area contributed by atoms with Gasteiger partial charge in [0.25, 0.3) is 0 Å². The summed E-state index contributed by atoms with van der Waals surface area (Å²) in [7, 11) is 0. The van der Waals surface area contributed by atoms with Crippen molar-refractivity contribution in [2.24, 2.45) is 5.92 Å². The first-order chi connectivity index (χ1) is 9.11. The van der Waals surface area contributed by atoms with Crippen molar-refractivity contribution in [2.45, 2.75) is 13.0 Å². The molecule has 2 rings (SSSR count). The molecule has 0 aliphatic carbocycles. The van der Waals surface area contributed by atoms with Crippen LogP contribution in [0.2, 0.25) is 0 Å². The largest absolute Gasteiger partial charge is 0.379 e. The highest BCUT2D eigenvalue weighted by Gasteiger charge is 2.33. The highest BCUT2D eigenvalue weighted by Crippen LogP contribution is 2.21. The smallest absolute Gasteiger partial charge is 0.232 e. The molecule has 1 aromatic heterocycles. The van der Waals surface area contributed by atoms with E-state index in [9.17, 15) is 4.79 Å². The summed E-state index contributed by atoms with van der Waals surface area (Å²) in [6, 6.07) is 0.0483. The number of nitrogens with one attached hydrogen (secondary N) is 2. The quantitative estimate of drug-likeness (QED) is 0.811. The Bertz CT molecular complexity index is 472. The SMILES string of the molecule is CCNC1COCC1C(=O)Nc1ncc(Br)nc1Br. The third kappa shape index (κ3) is 3.71. The van der Waals surface area contributed by atoms with Gasteiger partial charge in [-0.3, -0.25) is 4.79 Å². The zero-order valence-corrected chi connectivity index (χ0v) is 13.5. The van der Waals surface area contributed by atoms with Crippen LogP contribution in [0.25, 0.3) is 0 Å². The van der Waals surface area contributed by atoms with Crippen molar-refractivity contribution >= 4 is 43.6 Å². The van der Waals surface area contributed by atoms with Crippen molar-refractivity contribution in [3.63, 3.8) is 0 Å². The Kier molecular flexibility index (Phi) is 5.26. The van der Waals surface area contributed by atoms with Crippen LogP contribution in [-0.4, -0.2) is 41.7 Å². The number of ether oxygens (including phenoxy) is 1. The minimum absolute atomic E-state index is 0.0483. The van der Waals surface area contributed by atoms with Gasteiger partial charge in [0.15, 0.2) is 5.82 Å². The number of likely N-dealkylation sites (N-methyl/N-ethyl adjacent to an activating group) is 1. The first-order valence-corrected chi connectivity index (χ1v) is 7.50. The van der Waals surface area contributed by atoms with E-state index >= 15 is 0 Å². The van der Waals surface area contributed by atoms with Gasteiger partial charge in [0.1, 0.15) is 9.21 Å². The average Bonchev–Trinajstić information content (AvgIpc) is 2.81. The third-order valence-electron chi connectivity index (χ3n) is 2.83. The summed E-state index contributed by atoms with van der Waals surface area (Å²) in [5, 5.41) is 6.01. The monoisotopic (exact) mass is 392 g/mol. The Morgan fingerprint density at radius 2 is 2.32 bits per heavy atom. The first kappa shape index (κ1) is 14.8. The van der Waals surface area contributed by atoms with Gasteiger partial charge in [0.05, 0.1) is 25.3 Å². The van der Waals surface area contributed by atoms with Crippen molar-refractivity contribution in [3.05, 3.63) is 15.4 Å². The molecular weight excluding hydrogens is 380 g/mol. The lowest BCUT2D eigenvalue weighted by molar-refractivity contribution is -0.120. The van der Waals surface area contributed by atoms with Crippen molar-refractivity contribution in [3.8, 4) is 0 Å². The van der Waals surface area contributed by atoms with Crippen LogP contribution in [0.1, 0.15) is 6.92 Å². The fourth-order valence-electron chi connectivity index (χ4n) is 1.92. The highest BCUT2D eigenvalue weighted by molar-refractivity contribution is 9.11. The lowest BCUT2D eigenvalue weighted by atomic mass is 10.0. The number of halogens is 2. The maximum Gasteiger partial charge on any atom is 0.232 e. The first-order valence-electron chi connectivity index (χ1n) is 5.91. The minimum Gasteiger partial charge on any atom is -0.379 e. The van der Waals surface area contributed by atoms with Gasteiger partial charge in [-0.2, -0.15) is 0 Å². The topological polar surface area (TPSA) is 76.1 Å². The molecule has 1 aliphatic heterocycles. The molecule has 1 amide bonds. The predicted octanol–water partition coefficient (Wildman–Crippen LogP) is 1.56. The Morgan fingerprint density at radius 1 is 1.53 bits per heavy atom. The number of amides is 1. The molecule has 19 heavy (non-hydrogen) atoms. The number of hydrogen-bond acceptors (Lipinski definition) is 5. The molecule has 2 heterocycles. The molecule has 1 saturated heterocycles. The summed E-state index contributed by atoms with van der Waals surface area (Å²) in [5.41, 5.74) is 0. The molecule has 0 radical (unpaired) electrons. The highest BCUT2D eigenvalue weighted by atomic mass is 79.9. The van der Waals surface area contributed by atoms with E-state index in [-0.39, 0.29) is 17.9 Å². The van der Waals surface area contributed by atoms with E-state index in [1.54, 1.807) is 0 Å². The van der Waals surface area contributed by atoms with E-state index in [2.05, 4.69) is 52.5 Å². The van der Waals surface area contributed by atoms with Gasteiger partial charge in [0, 0.05) is 6.04 Å². The van der Waals surface area contributed by atoms with Gasteiger partial charge in [0.2, 0.25) is 5.91 Å². The van der Waals surface area contributed by atoms with E-state index in [1.807, 2.05) is 6.92 Å². The third-order valence-corrected chi connectivity index (χ3v) is 3.76. The predicted molar refractivity (Wildman–Crippen MR) is 77.8 cm³/mol. The molecule has 8 heteroatoms. The van der Waals surface area contributed by atoms with Crippen LogP contribution < -0.4 is 10.6 Å². The number of rotatable bonds is 4. The summed E-state index contributed by atoms with van der Waals surface area (Å²) in [6.07, 6.45) is 1.54. The lowest BCUT2D eigenvalue weighted by Crippen LogP contribution is -2.41. The summed E-state index contributed by atoms with van der Waals surface area (Å²) in [4.78, 5) is 20.4. The molecule has 1 aromatic rings. The zero-order valence-electron chi connectivity index (χ0n) is 10.3. The molecule has 2 unspecified atom stereocenters. The number of aromatic nitrogens is 2.